The lowest BCUT2D eigenvalue weighted by Crippen LogP contribution is -2.15. The van der Waals surface area contributed by atoms with E-state index in [0.717, 1.165) is 24.7 Å². The molecule has 2 aliphatic rings. The van der Waals surface area contributed by atoms with E-state index in [1.165, 1.54) is 89.9 Å². The Morgan fingerprint density at radius 3 is 1.20 bits per heavy atom. The molecule has 0 unspecified atom stereocenters. The monoisotopic (exact) mass is 278 g/mol. The van der Waals surface area contributed by atoms with E-state index in [4.69, 9.17) is 0 Å². The summed E-state index contributed by atoms with van der Waals surface area (Å²) in [5, 5.41) is 0. The summed E-state index contributed by atoms with van der Waals surface area (Å²) in [6, 6.07) is 0. The van der Waals surface area contributed by atoms with Gasteiger partial charge in [0.25, 0.3) is 0 Å². The van der Waals surface area contributed by atoms with E-state index in [9.17, 15) is 4.79 Å². The molecular formula is C19H34O. The fourth-order valence-electron chi connectivity index (χ4n) is 4.22. The van der Waals surface area contributed by atoms with Crippen molar-refractivity contribution in [2.45, 2.75) is 103 Å². The van der Waals surface area contributed by atoms with E-state index >= 15 is 0 Å². The van der Waals surface area contributed by atoms with Gasteiger partial charge in [-0.2, -0.15) is 0 Å². The molecule has 2 aliphatic carbocycles. The van der Waals surface area contributed by atoms with Crippen LogP contribution in [-0.4, -0.2) is 5.78 Å². The Bertz CT molecular complexity index is 229. The van der Waals surface area contributed by atoms with E-state index in [0.29, 0.717) is 5.78 Å². The maximum Gasteiger partial charge on any atom is 0.133 e. The third-order valence-electron chi connectivity index (χ3n) is 5.48. The standard InChI is InChI=1S/C19H34O/c20-19(15-17-11-7-3-1-4-8-12-17)16-18-13-9-5-2-6-10-14-18/h17-18H,1-16H2. The molecule has 0 atom stereocenters. The Morgan fingerprint density at radius 2 is 0.850 bits per heavy atom. The molecule has 0 N–H and O–H groups in total. The molecular weight excluding hydrogens is 244 g/mol. The number of hydrogen-bond acceptors (Lipinski definition) is 1. The van der Waals surface area contributed by atoms with Crippen LogP contribution >= 0.6 is 0 Å². The molecule has 1 heteroatoms. The molecule has 0 radical (unpaired) electrons. The average Bonchev–Trinajstić information content (AvgIpc) is 2.35. The summed E-state index contributed by atoms with van der Waals surface area (Å²) in [7, 11) is 0. The van der Waals surface area contributed by atoms with Crippen molar-refractivity contribution in [2.24, 2.45) is 11.8 Å². The first-order valence-corrected chi connectivity index (χ1v) is 9.36. The first-order chi connectivity index (χ1) is 9.84. The minimum Gasteiger partial charge on any atom is -0.300 e. The van der Waals surface area contributed by atoms with Crippen molar-refractivity contribution >= 4 is 5.78 Å². The molecule has 0 saturated heterocycles. The van der Waals surface area contributed by atoms with Crippen LogP contribution in [0.25, 0.3) is 0 Å². The minimum absolute atomic E-state index is 0.584. The highest BCUT2D eigenvalue weighted by atomic mass is 16.1. The summed E-state index contributed by atoms with van der Waals surface area (Å²) in [6.45, 7) is 0. The normalized spacial score (nSPS) is 24.4. The summed E-state index contributed by atoms with van der Waals surface area (Å²) in [5.74, 6) is 2.02. The Hall–Kier alpha value is -0.330. The van der Waals surface area contributed by atoms with Gasteiger partial charge in [-0.25, -0.2) is 0 Å². The van der Waals surface area contributed by atoms with Gasteiger partial charge in [0.05, 0.1) is 0 Å². The highest BCUT2D eigenvalue weighted by Gasteiger charge is 2.19. The number of rotatable bonds is 4. The lowest BCUT2D eigenvalue weighted by atomic mass is 9.83. The molecule has 1 nitrogen and oxygen atoms in total. The van der Waals surface area contributed by atoms with Crippen molar-refractivity contribution in [3.8, 4) is 0 Å². The minimum atomic E-state index is 0.584. The summed E-state index contributed by atoms with van der Waals surface area (Å²) in [6.07, 6.45) is 20.9. The third-order valence-corrected chi connectivity index (χ3v) is 5.48. The smallest absolute Gasteiger partial charge is 0.133 e. The fourth-order valence-corrected chi connectivity index (χ4v) is 4.22. The molecule has 2 fully saturated rings. The third kappa shape index (κ3) is 6.41. The van der Waals surface area contributed by atoms with Crippen molar-refractivity contribution in [1.29, 1.82) is 0 Å². The van der Waals surface area contributed by atoms with Crippen LogP contribution in [0.2, 0.25) is 0 Å². The van der Waals surface area contributed by atoms with Crippen molar-refractivity contribution in [3.63, 3.8) is 0 Å². The second-order valence-electron chi connectivity index (χ2n) is 7.37. The quantitative estimate of drug-likeness (QED) is 0.611. The van der Waals surface area contributed by atoms with Gasteiger partial charge in [0.1, 0.15) is 5.78 Å². The van der Waals surface area contributed by atoms with Crippen molar-refractivity contribution in [1.82, 2.24) is 0 Å². The summed E-state index contributed by atoms with van der Waals surface area (Å²) >= 11 is 0. The SMILES string of the molecule is O=C(CC1CCCCCCC1)CC1CCCCCCC1. The van der Waals surface area contributed by atoms with Crippen LogP contribution < -0.4 is 0 Å². The van der Waals surface area contributed by atoms with Crippen LogP contribution in [0.4, 0.5) is 0 Å². The fraction of sp³-hybridized carbons (Fsp3) is 0.947. The van der Waals surface area contributed by atoms with E-state index in [1.807, 2.05) is 0 Å². The van der Waals surface area contributed by atoms with Crippen LogP contribution in [0.5, 0.6) is 0 Å². The van der Waals surface area contributed by atoms with Gasteiger partial charge in [-0.3, -0.25) is 4.79 Å². The predicted molar refractivity (Wildman–Crippen MR) is 85.9 cm³/mol. The Morgan fingerprint density at radius 1 is 0.550 bits per heavy atom. The second kappa shape index (κ2) is 9.58. The maximum atomic E-state index is 12.4. The van der Waals surface area contributed by atoms with Gasteiger partial charge in [-0.05, 0) is 11.8 Å². The van der Waals surface area contributed by atoms with Gasteiger partial charge >= 0.3 is 0 Å². The maximum absolute atomic E-state index is 12.4. The molecule has 0 amide bonds. The molecule has 0 heterocycles. The zero-order valence-corrected chi connectivity index (χ0v) is 13.4. The number of Topliss-reactive ketones (excluding diaryl/α,β-unsaturated/α-hetero) is 1. The zero-order valence-electron chi connectivity index (χ0n) is 13.4. The van der Waals surface area contributed by atoms with Crippen molar-refractivity contribution in [2.75, 3.05) is 0 Å². The van der Waals surface area contributed by atoms with Gasteiger partial charge in [0, 0.05) is 12.8 Å². The molecule has 116 valence electrons. The summed E-state index contributed by atoms with van der Waals surface area (Å²) < 4.78 is 0. The zero-order chi connectivity index (χ0) is 14.0. The van der Waals surface area contributed by atoms with Crippen LogP contribution in [0.3, 0.4) is 0 Å². The number of hydrogen-bond donors (Lipinski definition) is 0. The van der Waals surface area contributed by atoms with Gasteiger partial charge in [-0.15, -0.1) is 0 Å². The molecule has 2 rings (SSSR count). The highest BCUT2D eigenvalue weighted by Crippen LogP contribution is 2.29. The van der Waals surface area contributed by atoms with Crippen LogP contribution in [0, 0.1) is 11.8 Å². The first-order valence-electron chi connectivity index (χ1n) is 9.36. The van der Waals surface area contributed by atoms with E-state index < -0.39 is 0 Å². The number of carbonyl (C=O) groups is 1. The Balaban J connectivity index is 1.69. The van der Waals surface area contributed by atoms with E-state index in [2.05, 4.69) is 0 Å². The van der Waals surface area contributed by atoms with Gasteiger partial charge in [-0.1, -0.05) is 89.9 Å². The molecule has 0 aliphatic heterocycles. The highest BCUT2D eigenvalue weighted by molar-refractivity contribution is 5.78. The van der Waals surface area contributed by atoms with Gasteiger partial charge < -0.3 is 0 Å². The Kier molecular flexibility index (Phi) is 7.69. The predicted octanol–water partition coefficient (Wildman–Crippen LogP) is 6.06. The lowest BCUT2D eigenvalue weighted by molar-refractivity contribution is -0.121. The van der Waals surface area contributed by atoms with Crippen LogP contribution in [0.1, 0.15) is 103 Å². The molecule has 2 saturated carbocycles. The molecule has 0 bridgehead atoms. The largest absolute Gasteiger partial charge is 0.300 e. The van der Waals surface area contributed by atoms with Crippen molar-refractivity contribution < 1.29 is 4.79 Å². The van der Waals surface area contributed by atoms with Crippen LogP contribution in [0.15, 0.2) is 0 Å². The summed E-state index contributed by atoms with van der Waals surface area (Å²) in [5.41, 5.74) is 0. The molecule has 0 aromatic carbocycles. The number of carbonyl (C=O) groups excluding carboxylic acids is 1. The van der Waals surface area contributed by atoms with Gasteiger partial charge in [0.2, 0.25) is 0 Å². The molecule has 0 spiro atoms. The van der Waals surface area contributed by atoms with E-state index in [-0.39, 0.29) is 0 Å². The van der Waals surface area contributed by atoms with E-state index in [1.54, 1.807) is 0 Å². The topological polar surface area (TPSA) is 17.1 Å². The van der Waals surface area contributed by atoms with Crippen LogP contribution in [-0.2, 0) is 4.79 Å². The molecule has 0 aromatic heterocycles. The average molecular weight is 278 g/mol. The lowest BCUT2D eigenvalue weighted by Gasteiger charge is -2.22. The van der Waals surface area contributed by atoms with Gasteiger partial charge in [0.15, 0.2) is 0 Å². The number of ketones is 1. The second-order valence-corrected chi connectivity index (χ2v) is 7.37. The Labute approximate surface area is 125 Å². The summed E-state index contributed by atoms with van der Waals surface area (Å²) in [4.78, 5) is 12.4. The first kappa shape index (κ1) is 16.0. The molecule has 20 heavy (non-hydrogen) atoms. The van der Waals surface area contributed by atoms with Crippen molar-refractivity contribution in [3.05, 3.63) is 0 Å². The molecule has 0 aromatic rings.